The molecule has 0 unspecified atom stereocenters. The predicted octanol–water partition coefficient (Wildman–Crippen LogP) is 5.84. The molecular weight excluding hydrogens is 462 g/mol. The molecule has 3 rings (SSSR count). The van der Waals surface area contributed by atoms with Crippen LogP contribution in [0.5, 0.6) is 0 Å². The summed E-state index contributed by atoms with van der Waals surface area (Å²) in [5, 5.41) is 12.4. The molecule has 3 aromatic rings. The molecule has 186 valence electrons. The van der Waals surface area contributed by atoms with Crippen LogP contribution in [-0.4, -0.2) is 45.0 Å². The minimum atomic E-state index is -0.937. The maximum absolute atomic E-state index is 13.1. The van der Waals surface area contributed by atoms with Crippen LogP contribution in [0.15, 0.2) is 53.4 Å². The highest BCUT2D eigenvalue weighted by atomic mass is 32.2. The number of hydrogen-bond acceptors (Lipinski definition) is 5. The predicted molar refractivity (Wildman–Crippen MR) is 140 cm³/mol. The van der Waals surface area contributed by atoms with Crippen molar-refractivity contribution >= 4 is 29.3 Å². The third kappa shape index (κ3) is 6.32. The molecule has 0 spiro atoms. The number of ether oxygens (including phenoxy) is 1. The molecule has 0 saturated heterocycles. The number of imidazole rings is 1. The van der Waals surface area contributed by atoms with E-state index in [-0.39, 0.29) is 5.91 Å². The zero-order valence-electron chi connectivity index (χ0n) is 21.1. The van der Waals surface area contributed by atoms with Gasteiger partial charge >= 0.3 is 5.97 Å². The van der Waals surface area contributed by atoms with Crippen LogP contribution in [0.2, 0.25) is 0 Å². The molecule has 2 N–H and O–H groups in total. The first-order valence-corrected chi connectivity index (χ1v) is 12.4. The van der Waals surface area contributed by atoms with Crippen LogP contribution in [0.1, 0.15) is 55.4 Å². The molecule has 1 heterocycles. The topological polar surface area (TPSA) is 93.4 Å². The number of carbonyl (C=O) groups is 2. The molecule has 0 bridgehead atoms. The minimum Gasteiger partial charge on any atom is -0.480 e. The fraction of sp³-hybridized carbons (Fsp3) is 0.370. The Morgan fingerprint density at radius 1 is 1.11 bits per heavy atom. The van der Waals surface area contributed by atoms with E-state index in [1.54, 1.807) is 21.0 Å². The Balaban J connectivity index is 1.89. The lowest BCUT2D eigenvalue weighted by atomic mass is 10.0. The Morgan fingerprint density at radius 2 is 1.74 bits per heavy atom. The van der Waals surface area contributed by atoms with Gasteiger partial charge in [0, 0.05) is 35.5 Å². The van der Waals surface area contributed by atoms with E-state index in [1.165, 1.54) is 17.3 Å². The molecule has 0 radical (unpaired) electrons. The number of anilines is 1. The number of nitrogens with zero attached hydrogens (tertiary/aromatic N) is 2. The van der Waals surface area contributed by atoms with Crippen molar-refractivity contribution < 1.29 is 19.4 Å². The second kappa shape index (κ2) is 11.1. The lowest BCUT2D eigenvalue weighted by molar-refractivity contribution is -0.138. The van der Waals surface area contributed by atoms with Gasteiger partial charge in [-0.3, -0.25) is 9.59 Å². The average molecular weight is 496 g/mol. The van der Waals surface area contributed by atoms with Crippen molar-refractivity contribution in [2.75, 3.05) is 19.0 Å². The largest absolute Gasteiger partial charge is 0.480 e. The van der Waals surface area contributed by atoms with Crippen molar-refractivity contribution in [1.82, 2.24) is 9.55 Å². The average Bonchev–Trinajstić information content (AvgIpc) is 3.14. The Morgan fingerprint density at radius 3 is 2.29 bits per heavy atom. The Kier molecular flexibility index (Phi) is 8.40. The second-order valence-electron chi connectivity index (χ2n) is 9.19. The zero-order valence-corrected chi connectivity index (χ0v) is 21.9. The number of carboxylic acids is 1. The van der Waals surface area contributed by atoms with Gasteiger partial charge in [0.1, 0.15) is 16.3 Å². The number of hydrogen-bond donors (Lipinski definition) is 2. The molecule has 1 amide bonds. The maximum atomic E-state index is 13.1. The molecule has 1 aromatic heterocycles. The second-order valence-corrected chi connectivity index (χ2v) is 10.9. The smallest absolute Gasteiger partial charge is 0.319 e. The fourth-order valence-electron chi connectivity index (χ4n) is 3.58. The van der Waals surface area contributed by atoms with Gasteiger partial charge in [-0.2, -0.15) is 0 Å². The molecule has 2 aromatic carbocycles. The van der Waals surface area contributed by atoms with Crippen molar-refractivity contribution in [3.05, 3.63) is 65.5 Å². The minimum absolute atomic E-state index is 0.271. The number of aromatic nitrogens is 2. The Hall–Kier alpha value is -3.10. The van der Waals surface area contributed by atoms with E-state index < -0.39 is 10.7 Å². The molecule has 7 nitrogen and oxygen atoms in total. The third-order valence-corrected chi connectivity index (χ3v) is 6.98. The normalized spacial score (nSPS) is 11.6. The highest BCUT2D eigenvalue weighted by molar-refractivity contribution is 8.01. The summed E-state index contributed by atoms with van der Waals surface area (Å²) in [5.41, 5.74) is 3.86. The first-order chi connectivity index (χ1) is 16.5. The van der Waals surface area contributed by atoms with Gasteiger partial charge in [-0.15, -0.1) is 11.8 Å². The molecular formula is C27H33N3O4S. The van der Waals surface area contributed by atoms with E-state index in [0.717, 1.165) is 16.2 Å². The third-order valence-electron chi connectivity index (χ3n) is 5.79. The van der Waals surface area contributed by atoms with Crippen LogP contribution in [0.25, 0.3) is 11.4 Å². The van der Waals surface area contributed by atoms with Crippen LogP contribution < -0.4 is 5.32 Å². The van der Waals surface area contributed by atoms with Gasteiger partial charge in [0.25, 0.3) is 5.91 Å². The molecule has 0 saturated carbocycles. The summed E-state index contributed by atoms with van der Waals surface area (Å²) < 4.78 is 6.31. The van der Waals surface area contributed by atoms with E-state index in [2.05, 4.69) is 19.2 Å². The molecule has 0 aliphatic heterocycles. The number of rotatable bonds is 10. The van der Waals surface area contributed by atoms with Gasteiger partial charge in [0.15, 0.2) is 0 Å². The monoisotopic (exact) mass is 495 g/mol. The van der Waals surface area contributed by atoms with E-state index in [4.69, 9.17) is 9.72 Å². The standard InChI is InChI=1S/C27H33N3O4S/c1-17(2)19-7-11-21(12-8-19)28-25(31)23-18(3)30(15-16-34-6)24(29-23)20-9-13-22(14-10-20)35-27(4,5)26(32)33/h7-14,17H,15-16H2,1-6H3,(H,28,31)(H,32,33). The molecule has 0 fully saturated rings. The van der Waals surface area contributed by atoms with Crippen molar-refractivity contribution in [2.24, 2.45) is 0 Å². The zero-order chi connectivity index (χ0) is 25.8. The SMILES string of the molecule is COCCn1c(-c2ccc(SC(C)(C)C(=O)O)cc2)nc(C(=O)Nc2ccc(C(C)C)cc2)c1C. The van der Waals surface area contributed by atoms with Gasteiger partial charge in [-0.1, -0.05) is 38.1 Å². The summed E-state index contributed by atoms with van der Waals surface area (Å²) in [6.45, 7) is 10.5. The summed E-state index contributed by atoms with van der Waals surface area (Å²) in [5.74, 6) is -0.0608. The molecule has 0 aliphatic carbocycles. The van der Waals surface area contributed by atoms with Crippen molar-refractivity contribution in [2.45, 2.75) is 56.7 Å². The van der Waals surface area contributed by atoms with Gasteiger partial charge in [0.2, 0.25) is 0 Å². The number of carboxylic acid groups (broad SMARTS) is 1. The quantitative estimate of drug-likeness (QED) is 0.344. The Labute approximate surface area is 210 Å². The van der Waals surface area contributed by atoms with Gasteiger partial charge < -0.3 is 19.7 Å². The van der Waals surface area contributed by atoms with Gasteiger partial charge in [-0.25, -0.2) is 4.98 Å². The number of thioether (sulfide) groups is 1. The van der Waals surface area contributed by atoms with Gasteiger partial charge in [0.05, 0.1) is 6.61 Å². The summed E-state index contributed by atoms with van der Waals surface area (Å²) in [6, 6.07) is 15.4. The number of methoxy groups -OCH3 is 1. The number of benzene rings is 2. The highest BCUT2D eigenvalue weighted by Gasteiger charge is 2.28. The summed E-state index contributed by atoms with van der Waals surface area (Å²) in [4.78, 5) is 30.1. The number of amides is 1. The summed E-state index contributed by atoms with van der Waals surface area (Å²) in [7, 11) is 1.64. The molecule has 35 heavy (non-hydrogen) atoms. The van der Waals surface area contributed by atoms with Crippen LogP contribution in [-0.2, 0) is 16.1 Å². The van der Waals surface area contributed by atoms with Crippen molar-refractivity contribution in [3.8, 4) is 11.4 Å². The van der Waals surface area contributed by atoms with E-state index in [0.29, 0.717) is 36.3 Å². The van der Waals surface area contributed by atoms with Crippen LogP contribution in [0.4, 0.5) is 5.69 Å². The maximum Gasteiger partial charge on any atom is 0.319 e. The van der Waals surface area contributed by atoms with E-state index >= 15 is 0 Å². The van der Waals surface area contributed by atoms with E-state index in [1.807, 2.05) is 60.0 Å². The van der Waals surface area contributed by atoms with Gasteiger partial charge in [-0.05, 0) is 56.5 Å². The highest BCUT2D eigenvalue weighted by Crippen LogP contribution is 2.34. The molecule has 8 heteroatoms. The van der Waals surface area contributed by atoms with Crippen LogP contribution in [0, 0.1) is 6.92 Å². The first-order valence-electron chi connectivity index (χ1n) is 11.5. The lowest BCUT2D eigenvalue weighted by Crippen LogP contribution is -2.26. The molecule has 0 atom stereocenters. The lowest BCUT2D eigenvalue weighted by Gasteiger charge is -2.18. The van der Waals surface area contributed by atoms with E-state index in [9.17, 15) is 14.7 Å². The number of carbonyl (C=O) groups excluding carboxylic acids is 1. The summed E-state index contributed by atoms with van der Waals surface area (Å²) in [6.07, 6.45) is 0. The Bertz CT molecular complexity index is 1180. The number of aliphatic carboxylic acids is 1. The molecule has 0 aliphatic rings. The summed E-state index contributed by atoms with van der Waals surface area (Å²) >= 11 is 1.28. The van der Waals surface area contributed by atoms with Crippen LogP contribution in [0.3, 0.4) is 0 Å². The fourth-order valence-corrected chi connectivity index (χ4v) is 4.53. The van der Waals surface area contributed by atoms with Crippen molar-refractivity contribution in [1.29, 1.82) is 0 Å². The first kappa shape index (κ1) is 26.5. The van der Waals surface area contributed by atoms with Crippen LogP contribution >= 0.6 is 11.8 Å². The number of nitrogens with one attached hydrogen (secondary N) is 1. The van der Waals surface area contributed by atoms with Crippen molar-refractivity contribution in [3.63, 3.8) is 0 Å².